The number of hydrogen-bond acceptors (Lipinski definition) is 4. The molecule has 1 atom stereocenters. The van der Waals surface area contributed by atoms with E-state index in [1.807, 2.05) is 16.5 Å². The highest BCUT2D eigenvalue weighted by Crippen LogP contribution is 2.35. The zero-order chi connectivity index (χ0) is 17.4. The van der Waals surface area contributed by atoms with Gasteiger partial charge in [-0.2, -0.15) is 0 Å². The molecule has 1 aliphatic heterocycles. The molecule has 6 heteroatoms. The number of carbonyl (C=O) groups is 1. The second-order valence-electron chi connectivity index (χ2n) is 6.38. The molecular weight excluding hydrogens is 322 g/mol. The summed E-state index contributed by atoms with van der Waals surface area (Å²) in [6.07, 6.45) is 2.46. The number of amides is 1. The molecule has 2 aromatic rings. The topological polar surface area (TPSA) is 58.4 Å². The van der Waals surface area contributed by atoms with Gasteiger partial charge in [-0.3, -0.25) is 4.79 Å². The van der Waals surface area contributed by atoms with Crippen molar-refractivity contribution in [3.05, 3.63) is 40.7 Å². The van der Waals surface area contributed by atoms with Crippen molar-refractivity contribution < 1.29 is 9.90 Å². The van der Waals surface area contributed by atoms with Gasteiger partial charge in [-0.05, 0) is 38.3 Å². The predicted octanol–water partition coefficient (Wildman–Crippen LogP) is 2.74. The molecule has 1 fully saturated rings. The van der Waals surface area contributed by atoms with Crippen LogP contribution in [-0.4, -0.2) is 32.4 Å². The first kappa shape index (κ1) is 17.0. The Balaban J connectivity index is 1.82. The molecule has 0 saturated carbocycles. The molecule has 1 amide bonds. The molecule has 1 N–H and O–H groups in total. The normalized spacial score (nSPS) is 17.8. The first-order valence-electron chi connectivity index (χ1n) is 8.09. The van der Waals surface area contributed by atoms with Crippen LogP contribution in [0.3, 0.4) is 0 Å². The van der Waals surface area contributed by atoms with Crippen LogP contribution in [0.25, 0.3) is 0 Å². The van der Waals surface area contributed by atoms with Gasteiger partial charge in [-0.25, -0.2) is 4.98 Å². The SMILES string of the molecule is Cc1cc(C)c(N2CCC(Sc3ncc(CO)n3C)C2=O)c(C)c1. The molecule has 0 spiro atoms. The lowest BCUT2D eigenvalue weighted by atomic mass is 10.0. The number of rotatable bonds is 4. The quantitative estimate of drug-likeness (QED) is 0.926. The van der Waals surface area contributed by atoms with Gasteiger partial charge in [-0.1, -0.05) is 29.5 Å². The molecule has 1 saturated heterocycles. The van der Waals surface area contributed by atoms with Crippen molar-refractivity contribution in [1.82, 2.24) is 9.55 Å². The van der Waals surface area contributed by atoms with Crippen LogP contribution in [-0.2, 0) is 18.4 Å². The first-order valence-corrected chi connectivity index (χ1v) is 8.97. The number of benzene rings is 1. The van der Waals surface area contributed by atoms with Gasteiger partial charge in [0.15, 0.2) is 5.16 Å². The second-order valence-corrected chi connectivity index (χ2v) is 7.55. The van der Waals surface area contributed by atoms with Crippen molar-refractivity contribution in [2.75, 3.05) is 11.4 Å². The summed E-state index contributed by atoms with van der Waals surface area (Å²) in [7, 11) is 1.87. The average Bonchev–Trinajstić information content (AvgIpc) is 3.04. The Morgan fingerprint density at radius 1 is 1.29 bits per heavy atom. The fourth-order valence-corrected chi connectivity index (χ4v) is 4.49. The van der Waals surface area contributed by atoms with Crippen LogP contribution in [0.1, 0.15) is 28.8 Å². The fourth-order valence-electron chi connectivity index (χ4n) is 3.39. The van der Waals surface area contributed by atoms with Gasteiger partial charge in [0.1, 0.15) is 0 Å². The highest BCUT2D eigenvalue weighted by atomic mass is 32.2. The summed E-state index contributed by atoms with van der Waals surface area (Å²) in [5.74, 6) is 0.142. The van der Waals surface area contributed by atoms with E-state index in [1.54, 1.807) is 6.20 Å². The maximum absolute atomic E-state index is 12.9. The van der Waals surface area contributed by atoms with E-state index >= 15 is 0 Å². The summed E-state index contributed by atoms with van der Waals surface area (Å²) in [6.45, 7) is 6.90. The van der Waals surface area contributed by atoms with Gasteiger partial charge in [0.2, 0.25) is 5.91 Å². The molecule has 3 rings (SSSR count). The Bertz CT molecular complexity index is 762. The Morgan fingerprint density at radius 2 is 1.96 bits per heavy atom. The van der Waals surface area contributed by atoms with Crippen LogP contribution in [0, 0.1) is 20.8 Å². The number of aliphatic hydroxyl groups is 1. The largest absolute Gasteiger partial charge is 0.390 e. The maximum Gasteiger partial charge on any atom is 0.240 e. The molecule has 1 aromatic heterocycles. The monoisotopic (exact) mass is 345 g/mol. The number of anilines is 1. The van der Waals surface area contributed by atoms with E-state index in [9.17, 15) is 9.90 Å². The molecule has 1 aliphatic rings. The zero-order valence-electron chi connectivity index (χ0n) is 14.5. The van der Waals surface area contributed by atoms with E-state index in [2.05, 4.69) is 37.9 Å². The summed E-state index contributed by atoms with van der Waals surface area (Å²) in [5.41, 5.74) is 5.31. The van der Waals surface area contributed by atoms with Crippen LogP contribution in [0.5, 0.6) is 0 Å². The van der Waals surface area contributed by atoms with Crippen molar-refractivity contribution in [3.8, 4) is 0 Å². The molecule has 0 bridgehead atoms. The Labute approximate surface area is 146 Å². The van der Waals surface area contributed by atoms with E-state index in [0.29, 0.717) is 0 Å². The summed E-state index contributed by atoms with van der Waals surface area (Å²) in [6, 6.07) is 4.25. The molecule has 0 aliphatic carbocycles. The van der Waals surface area contributed by atoms with Crippen molar-refractivity contribution >= 4 is 23.4 Å². The Morgan fingerprint density at radius 3 is 2.54 bits per heavy atom. The van der Waals surface area contributed by atoms with Crippen molar-refractivity contribution in [2.45, 2.75) is 44.2 Å². The minimum absolute atomic E-state index is 0.0451. The molecular formula is C18H23N3O2S. The molecule has 24 heavy (non-hydrogen) atoms. The number of hydrogen-bond donors (Lipinski definition) is 1. The second kappa shape index (κ2) is 6.61. The molecule has 5 nitrogen and oxygen atoms in total. The van der Waals surface area contributed by atoms with Crippen LogP contribution in [0.15, 0.2) is 23.5 Å². The summed E-state index contributed by atoms with van der Waals surface area (Å²) >= 11 is 1.48. The minimum atomic E-state index is -0.127. The highest BCUT2D eigenvalue weighted by Gasteiger charge is 2.35. The molecule has 1 unspecified atom stereocenters. The standard InChI is InChI=1S/C18H23N3O2S/c1-11-7-12(2)16(13(3)8-11)21-6-5-15(17(21)23)24-18-19-9-14(10-22)20(18)4/h7-9,15,22H,5-6,10H2,1-4H3. The predicted molar refractivity (Wildman–Crippen MR) is 96.4 cm³/mol. The highest BCUT2D eigenvalue weighted by molar-refractivity contribution is 8.00. The van der Waals surface area contributed by atoms with E-state index in [1.165, 1.54) is 17.3 Å². The fraction of sp³-hybridized carbons (Fsp3) is 0.444. The van der Waals surface area contributed by atoms with Crippen molar-refractivity contribution in [2.24, 2.45) is 7.05 Å². The third-order valence-corrected chi connectivity index (χ3v) is 5.83. The lowest BCUT2D eigenvalue weighted by Gasteiger charge is -2.22. The van der Waals surface area contributed by atoms with Gasteiger partial charge < -0.3 is 14.6 Å². The van der Waals surface area contributed by atoms with E-state index in [4.69, 9.17) is 0 Å². The zero-order valence-corrected chi connectivity index (χ0v) is 15.4. The van der Waals surface area contributed by atoms with Crippen LogP contribution in [0.4, 0.5) is 5.69 Å². The third kappa shape index (κ3) is 2.96. The van der Waals surface area contributed by atoms with Gasteiger partial charge in [0, 0.05) is 19.3 Å². The van der Waals surface area contributed by atoms with E-state index in [0.717, 1.165) is 40.6 Å². The number of aryl methyl sites for hydroxylation is 3. The number of aromatic nitrogens is 2. The molecule has 128 valence electrons. The summed E-state index contributed by atoms with van der Waals surface area (Å²) < 4.78 is 1.85. The Hall–Kier alpha value is -1.79. The first-order chi connectivity index (χ1) is 11.4. The van der Waals surface area contributed by atoms with Crippen LogP contribution >= 0.6 is 11.8 Å². The number of imidazole rings is 1. The van der Waals surface area contributed by atoms with Gasteiger partial charge in [0.25, 0.3) is 0 Å². The van der Waals surface area contributed by atoms with Crippen LogP contribution < -0.4 is 4.90 Å². The lowest BCUT2D eigenvalue weighted by Crippen LogP contribution is -2.29. The lowest BCUT2D eigenvalue weighted by molar-refractivity contribution is -0.116. The summed E-state index contributed by atoms with van der Waals surface area (Å²) in [4.78, 5) is 19.1. The van der Waals surface area contributed by atoms with Crippen molar-refractivity contribution in [3.63, 3.8) is 0 Å². The third-order valence-electron chi connectivity index (χ3n) is 4.51. The van der Waals surface area contributed by atoms with E-state index in [-0.39, 0.29) is 17.8 Å². The Kier molecular flexibility index (Phi) is 4.69. The average molecular weight is 345 g/mol. The van der Waals surface area contributed by atoms with E-state index < -0.39 is 0 Å². The maximum atomic E-state index is 12.9. The van der Waals surface area contributed by atoms with Gasteiger partial charge in [-0.15, -0.1) is 0 Å². The van der Waals surface area contributed by atoms with Crippen LogP contribution in [0.2, 0.25) is 0 Å². The van der Waals surface area contributed by atoms with Gasteiger partial charge >= 0.3 is 0 Å². The van der Waals surface area contributed by atoms with Gasteiger partial charge in [0.05, 0.1) is 23.7 Å². The minimum Gasteiger partial charge on any atom is -0.390 e. The summed E-state index contributed by atoms with van der Waals surface area (Å²) in [5, 5.41) is 9.92. The number of aliphatic hydroxyl groups excluding tert-OH is 1. The smallest absolute Gasteiger partial charge is 0.240 e. The molecule has 2 heterocycles. The number of nitrogens with zero attached hydrogens (tertiary/aromatic N) is 3. The van der Waals surface area contributed by atoms with Crippen molar-refractivity contribution in [1.29, 1.82) is 0 Å². The molecule has 1 aromatic carbocycles. The molecule has 0 radical (unpaired) electrons. The number of carbonyl (C=O) groups excluding carboxylic acids is 1. The number of thioether (sulfide) groups is 1.